The van der Waals surface area contributed by atoms with Gasteiger partial charge in [-0.15, -0.1) is 0 Å². The molecule has 2 aliphatic rings. The summed E-state index contributed by atoms with van der Waals surface area (Å²) in [5.41, 5.74) is 6.90. The summed E-state index contributed by atoms with van der Waals surface area (Å²) >= 11 is 0. The van der Waals surface area contributed by atoms with Gasteiger partial charge in [0.25, 0.3) is 0 Å². The first-order valence-electron chi connectivity index (χ1n) is 9.76. The van der Waals surface area contributed by atoms with Crippen LogP contribution < -0.4 is 5.32 Å². The van der Waals surface area contributed by atoms with E-state index in [9.17, 15) is 0 Å². The maximum atomic E-state index is 4.67. The fraction of sp³-hybridized carbons (Fsp3) is 0.227. The van der Waals surface area contributed by atoms with Crippen molar-refractivity contribution in [3.05, 3.63) is 77.8 Å². The molecule has 4 aromatic rings. The van der Waals surface area contributed by atoms with Crippen molar-refractivity contribution in [3.63, 3.8) is 0 Å². The predicted octanol–water partition coefficient (Wildman–Crippen LogP) is 3.89. The van der Waals surface area contributed by atoms with Gasteiger partial charge in [0.2, 0.25) is 0 Å². The van der Waals surface area contributed by atoms with Gasteiger partial charge in [0.15, 0.2) is 11.5 Å². The molecule has 0 amide bonds. The van der Waals surface area contributed by atoms with Crippen LogP contribution >= 0.6 is 0 Å². The highest BCUT2D eigenvalue weighted by atomic mass is 15.3. The minimum Gasteiger partial charge on any atom is -0.367 e. The molecule has 6 nitrogen and oxygen atoms in total. The van der Waals surface area contributed by atoms with Crippen molar-refractivity contribution < 1.29 is 0 Å². The second kappa shape index (κ2) is 6.05. The molecule has 0 spiro atoms. The smallest absolute Gasteiger partial charge is 0.159 e. The maximum Gasteiger partial charge on any atom is 0.159 e. The molecule has 138 valence electrons. The normalized spacial score (nSPS) is 18.4. The van der Waals surface area contributed by atoms with Gasteiger partial charge in [-0.25, -0.2) is 9.67 Å². The Bertz CT molecular complexity index is 1200. The molecule has 1 aromatic carbocycles. The number of hydrogen-bond acceptors (Lipinski definition) is 4. The van der Waals surface area contributed by atoms with E-state index in [1.807, 2.05) is 28.9 Å². The lowest BCUT2D eigenvalue weighted by molar-refractivity contribution is 0.629. The molecule has 2 aliphatic carbocycles. The van der Waals surface area contributed by atoms with E-state index in [4.69, 9.17) is 0 Å². The number of nitrogens with one attached hydrogen (secondary N) is 1. The molecule has 0 aliphatic heterocycles. The highest BCUT2D eigenvalue weighted by Crippen LogP contribution is 2.42. The Morgan fingerprint density at radius 2 is 2.00 bits per heavy atom. The fourth-order valence-corrected chi connectivity index (χ4v) is 4.54. The summed E-state index contributed by atoms with van der Waals surface area (Å²) in [6.07, 6.45) is 9.92. The number of aromatic nitrogens is 5. The van der Waals surface area contributed by atoms with Crippen molar-refractivity contribution in [2.75, 3.05) is 5.32 Å². The number of rotatable bonds is 3. The van der Waals surface area contributed by atoms with E-state index in [2.05, 4.69) is 44.8 Å². The van der Waals surface area contributed by atoms with Gasteiger partial charge in [-0.05, 0) is 48.4 Å². The van der Waals surface area contributed by atoms with Crippen LogP contribution in [0.5, 0.6) is 0 Å². The molecule has 1 unspecified atom stereocenters. The predicted molar refractivity (Wildman–Crippen MR) is 108 cm³/mol. The van der Waals surface area contributed by atoms with E-state index in [1.54, 1.807) is 22.6 Å². The molecular formula is C22H20N6. The maximum absolute atomic E-state index is 4.67. The van der Waals surface area contributed by atoms with Gasteiger partial charge >= 0.3 is 0 Å². The summed E-state index contributed by atoms with van der Waals surface area (Å²) in [6, 6.07) is 15.1. The summed E-state index contributed by atoms with van der Waals surface area (Å²) in [5.74, 6) is 1.75. The molecule has 0 saturated carbocycles. The van der Waals surface area contributed by atoms with Crippen molar-refractivity contribution in [1.29, 1.82) is 0 Å². The number of allylic oxidation sites excluding steroid dienone is 1. The second-order valence-corrected chi connectivity index (χ2v) is 7.55. The average Bonchev–Trinajstić information content (AvgIpc) is 3.47. The molecule has 0 radical (unpaired) electrons. The summed E-state index contributed by atoms with van der Waals surface area (Å²) in [7, 11) is 0. The topological polar surface area (TPSA) is 60.0 Å². The summed E-state index contributed by atoms with van der Waals surface area (Å²) < 4.78 is 3.66. The Morgan fingerprint density at radius 3 is 2.93 bits per heavy atom. The quantitative estimate of drug-likeness (QED) is 0.596. The molecule has 0 saturated heterocycles. The minimum absolute atomic E-state index is 0.380. The van der Waals surface area contributed by atoms with Crippen LogP contribution in [0.3, 0.4) is 0 Å². The molecule has 3 aromatic heterocycles. The Labute approximate surface area is 162 Å². The van der Waals surface area contributed by atoms with Crippen molar-refractivity contribution in [1.82, 2.24) is 24.4 Å². The van der Waals surface area contributed by atoms with E-state index in [-0.39, 0.29) is 0 Å². The summed E-state index contributed by atoms with van der Waals surface area (Å²) in [6.45, 7) is 0. The van der Waals surface area contributed by atoms with E-state index in [1.165, 1.54) is 16.7 Å². The molecule has 3 heterocycles. The molecule has 1 atom stereocenters. The van der Waals surface area contributed by atoms with Crippen LogP contribution in [0.4, 0.5) is 5.82 Å². The van der Waals surface area contributed by atoms with Crippen molar-refractivity contribution in [2.45, 2.75) is 31.7 Å². The number of hydrogen-bond donors (Lipinski definition) is 1. The van der Waals surface area contributed by atoms with Gasteiger partial charge in [-0.2, -0.15) is 14.7 Å². The van der Waals surface area contributed by atoms with Crippen molar-refractivity contribution in [3.8, 4) is 5.82 Å². The van der Waals surface area contributed by atoms with Crippen molar-refractivity contribution >= 4 is 17.0 Å². The lowest BCUT2D eigenvalue weighted by Crippen LogP contribution is -2.25. The number of benzene rings is 1. The third kappa shape index (κ3) is 2.45. The van der Waals surface area contributed by atoms with E-state index < -0.39 is 0 Å². The first-order valence-corrected chi connectivity index (χ1v) is 9.76. The van der Waals surface area contributed by atoms with Gasteiger partial charge in [0, 0.05) is 30.6 Å². The van der Waals surface area contributed by atoms with Crippen LogP contribution in [-0.4, -0.2) is 30.4 Å². The van der Waals surface area contributed by atoms with Crippen molar-refractivity contribution in [2.24, 2.45) is 0 Å². The van der Waals surface area contributed by atoms with Gasteiger partial charge < -0.3 is 5.32 Å². The minimum atomic E-state index is 0.380. The molecule has 6 heteroatoms. The molecule has 1 N–H and O–H groups in total. The Hall–Kier alpha value is -3.41. The van der Waals surface area contributed by atoms with E-state index in [0.717, 1.165) is 43.0 Å². The van der Waals surface area contributed by atoms with Gasteiger partial charge in [0.05, 0.1) is 6.20 Å². The van der Waals surface area contributed by atoms with E-state index in [0.29, 0.717) is 6.04 Å². The summed E-state index contributed by atoms with van der Waals surface area (Å²) in [5, 5.41) is 12.5. The third-order valence-corrected chi connectivity index (χ3v) is 5.86. The fourth-order valence-electron chi connectivity index (χ4n) is 4.54. The largest absolute Gasteiger partial charge is 0.367 e. The van der Waals surface area contributed by atoms with Crippen LogP contribution in [0.15, 0.2) is 66.6 Å². The van der Waals surface area contributed by atoms with Crippen LogP contribution in [0.25, 0.3) is 17.0 Å². The molecule has 28 heavy (non-hydrogen) atoms. The third-order valence-electron chi connectivity index (χ3n) is 5.86. The Morgan fingerprint density at radius 1 is 1.04 bits per heavy atom. The van der Waals surface area contributed by atoms with Crippen LogP contribution in [0.2, 0.25) is 0 Å². The summed E-state index contributed by atoms with van der Waals surface area (Å²) in [4.78, 5) is 4.67. The first kappa shape index (κ1) is 15.6. The zero-order valence-corrected chi connectivity index (χ0v) is 15.4. The Balaban J connectivity index is 1.33. The van der Waals surface area contributed by atoms with Crippen LogP contribution in [0.1, 0.15) is 30.4 Å². The molecule has 0 fully saturated rings. The van der Waals surface area contributed by atoms with E-state index >= 15 is 0 Å². The number of anilines is 1. The first-order chi connectivity index (χ1) is 13.8. The lowest BCUT2D eigenvalue weighted by atomic mass is 9.88. The standard InChI is InChI=1S/C22H20N6/c1-2-5-18-15(4-1)12-16-6-7-17(13-19(16)18)25-22-14-21(27-11-3-9-23-27)26-20-8-10-24-28(20)22/h1-5,8-11,14,17,25H,6-7,12-13H2. The molecular weight excluding hydrogens is 348 g/mol. The van der Waals surface area contributed by atoms with Gasteiger partial charge in [-0.1, -0.05) is 29.8 Å². The highest BCUT2D eigenvalue weighted by molar-refractivity contribution is 5.77. The molecule has 0 bridgehead atoms. The monoisotopic (exact) mass is 368 g/mol. The zero-order chi connectivity index (χ0) is 18.5. The SMILES string of the molecule is c1ccc2c(c1)CC1=C2CC(Nc2cc(-n3cccn3)nc3ccnn23)CC1. The highest BCUT2D eigenvalue weighted by Gasteiger charge is 2.28. The average molecular weight is 368 g/mol. The zero-order valence-electron chi connectivity index (χ0n) is 15.4. The van der Waals surface area contributed by atoms with Crippen LogP contribution in [-0.2, 0) is 6.42 Å². The van der Waals surface area contributed by atoms with Gasteiger partial charge in [0.1, 0.15) is 5.82 Å². The Kier molecular flexibility index (Phi) is 3.38. The second-order valence-electron chi connectivity index (χ2n) is 7.55. The number of nitrogens with zero attached hydrogens (tertiary/aromatic N) is 5. The van der Waals surface area contributed by atoms with Gasteiger partial charge in [-0.3, -0.25) is 0 Å². The number of fused-ring (bicyclic) bond motifs is 3. The molecule has 6 rings (SSSR count). The lowest BCUT2D eigenvalue weighted by Gasteiger charge is -2.26. The van der Waals surface area contributed by atoms with Crippen LogP contribution in [0, 0.1) is 0 Å².